The lowest BCUT2D eigenvalue weighted by molar-refractivity contribution is 0.670. The van der Waals surface area contributed by atoms with Gasteiger partial charge >= 0.3 is 0 Å². The minimum Gasteiger partial charge on any atom is -0.455 e. The van der Waals surface area contributed by atoms with Crippen LogP contribution in [0.1, 0.15) is 22.9 Å². The van der Waals surface area contributed by atoms with Crippen LogP contribution in [0.2, 0.25) is 0 Å². The maximum absolute atomic E-state index is 6.69. The molecule has 0 saturated heterocycles. The van der Waals surface area contributed by atoms with Crippen LogP contribution < -0.4 is 5.32 Å². The highest BCUT2D eigenvalue weighted by molar-refractivity contribution is 6.20. The molecule has 4 nitrogen and oxygen atoms in total. The van der Waals surface area contributed by atoms with E-state index in [4.69, 9.17) is 14.4 Å². The highest BCUT2D eigenvalue weighted by Crippen LogP contribution is 2.44. The van der Waals surface area contributed by atoms with E-state index < -0.39 is 0 Å². The molecule has 2 heterocycles. The van der Waals surface area contributed by atoms with Crippen LogP contribution in [-0.4, -0.2) is 11.7 Å². The first kappa shape index (κ1) is 34.4. The number of aliphatic imine (C=N–C) groups is 2. The summed E-state index contributed by atoms with van der Waals surface area (Å²) in [4.78, 5) is 10.6. The van der Waals surface area contributed by atoms with E-state index in [2.05, 4.69) is 181 Å². The molecule has 0 spiro atoms. The molecule has 0 fully saturated rings. The molecule has 9 aromatic carbocycles. The average molecular weight is 756 g/mol. The zero-order valence-electron chi connectivity index (χ0n) is 32.1. The number of nitrogens with one attached hydrogen (secondary N) is 1. The Morgan fingerprint density at radius 2 is 0.949 bits per heavy atom. The number of hydrogen-bond donors (Lipinski definition) is 1. The Hall–Kier alpha value is -7.82. The van der Waals surface area contributed by atoms with Gasteiger partial charge in [-0.1, -0.05) is 188 Å². The van der Waals surface area contributed by atoms with Gasteiger partial charge in [-0.15, -0.1) is 0 Å². The summed E-state index contributed by atoms with van der Waals surface area (Å²) in [6.45, 7) is 0. The first-order chi connectivity index (χ1) is 29.2. The quantitative estimate of drug-likeness (QED) is 0.176. The first-order valence-corrected chi connectivity index (χ1v) is 20.0. The van der Waals surface area contributed by atoms with Crippen molar-refractivity contribution in [2.24, 2.45) is 9.98 Å². The Kier molecular flexibility index (Phi) is 8.52. The van der Waals surface area contributed by atoms with E-state index in [0.717, 1.165) is 83.1 Å². The molecule has 10 aromatic rings. The summed E-state index contributed by atoms with van der Waals surface area (Å²) in [5.74, 6) is 1.46. The average Bonchev–Trinajstić information content (AvgIpc) is 3.72. The van der Waals surface area contributed by atoms with Gasteiger partial charge in [0.25, 0.3) is 0 Å². The zero-order chi connectivity index (χ0) is 39.1. The summed E-state index contributed by atoms with van der Waals surface area (Å²) < 4.78 is 6.69. The number of furan rings is 1. The second-order valence-corrected chi connectivity index (χ2v) is 15.0. The Morgan fingerprint density at radius 1 is 0.407 bits per heavy atom. The van der Waals surface area contributed by atoms with E-state index in [9.17, 15) is 0 Å². The molecule has 1 N–H and O–H groups in total. The van der Waals surface area contributed by atoms with Gasteiger partial charge in [0.05, 0.1) is 0 Å². The normalized spacial score (nSPS) is 13.9. The van der Waals surface area contributed by atoms with E-state index in [1.807, 2.05) is 36.4 Å². The van der Waals surface area contributed by atoms with Gasteiger partial charge in [0, 0.05) is 27.5 Å². The number of nitrogens with zero attached hydrogens (tertiary/aromatic N) is 2. The van der Waals surface area contributed by atoms with Crippen molar-refractivity contribution in [2.75, 3.05) is 0 Å². The fraction of sp³-hybridized carbons (Fsp3) is 0.0182. The molecule has 1 unspecified atom stereocenters. The van der Waals surface area contributed by atoms with Gasteiger partial charge in [0.15, 0.2) is 5.84 Å². The highest BCUT2D eigenvalue weighted by Gasteiger charge is 2.24. The number of para-hydroxylation sites is 1. The molecule has 0 aliphatic carbocycles. The summed E-state index contributed by atoms with van der Waals surface area (Å²) in [5, 5.41) is 8.12. The van der Waals surface area contributed by atoms with Gasteiger partial charge < -0.3 is 9.73 Å². The van der Waals surface area contributed by atoms with Crippen molar-refractivity contribution in [3.8, 4) is 44.5 Å². The van der Waals surface area contributed by atoms with E-state index in [1.54, 1.807) is 0 Å². The standard InChI is InChI=1S/C55H37N3O/c1-4-14-36(15-5-1)37-24-26-38(27-25-37)39-28-30-42(31-29-39)54-56-53(41-18-8-3-9-19-41)57-55(58-54)44-34-43-20-10-11-21-45(43)49(35-44)47-33-32-46(40-16-6-2-7-17-40)52-51(47)48-22-12-13-23-50(48)59-52/h1-35,54H,(H,56,57,58). The lowest BCUT2D eigenvalue weighted by atomic mass is 9.90. The number of fused-ring (bicyclic) bond motifs is 4. The van der Waals surface area contributed by atoms with Crippen LogP contribution in [-0.2, 0) is 0 Å². The third-order valence-electron chi connectivity index (χ3n) is 11.4. The van der Waals surface area contributed by atoms with Crippen LogP contribution in [0.5, 0.6) is 0 Å². The van der Waals surface area contributed by atoms with Crippen LogP contribution in [0.15, 0.2) is 227 Å². The molecule has 4 heteroatoms. The van der Waals surface area contributed by atoms with E-state index >= 15 is 0 Å². The molecule has 1 atom stereocenters. The van der Waals surface area contributed by atoms with Crippen molar-refractivity contribution in [3.05, 3.63) is 229 Å². The lowest BCUT2D eigenvalue weighted by Gasteiger charge is -2.24. The SMILES string of the molecule is c1ccc(C2=NC(c3cc(-c4ccc(-c5ccccc5)c5oc6ccccc6c45)c4ccccc4c3)=NC(c3ccc(-c4ccc(-c5ccccc5)cc4)cc3)N2)cc1. The largest absolute Gasteiger partial charge is 0.455 e. The maximum Gasteiger partial charge on any atom is 0.159 e. The molecular weight excluding hydrogens is 719 g/mol. The Labute approximate surface area is 342 Å². The molecule has 59 heavy (non-hydrogen) atoms. The van der Waals surface area contributed by atoms with Crippen molar-refractivity contribution in [1.29, 1.82) is 0 Å². The zero-order valence-corrected chi connectivity index (χ0v) is 32.1. The molecule has 11 rings (SSSR count). The number of hydrogen-bond acceptors (Lipinski definition) is 4. The molecule has 278 valence electrons. The summed E-state index contributed by atoms with van der Waals surface area (Å²) in [6, 6.07) is 74.6. The Balaban J connectivity index is 1.03. The third-order valence-corrected chi connectivity index (χ3v) is 11.4. The Morgan fingerprint density at radius 3 is 1.64 bits per heavy atom. The minimum atomic E-state index is -0.350. The molecule has 1 aliphatic rings. The molecule has 0 saturated carbocycles. The molecule has 0 amide bonds. The minimum absolute atomic E-state index is 0.350. The summed E-state index contributed by atoms with van der Waals surface area (Å²) in [5.41, 5.74) is 13.9. The Bertz CT molecular complexity index is 3200. The van der Waals surface area contributed by atoms with Gasteiger partial charge in [0.1, 0.15) is 23.2 Å². The van der Waals surface area contributed by atoms with Crippen LogP contribution in [0, 0.1) is 0 Å². The summed E-state index contributed by atoms with van der Waals surface area (Å²) in [6.07, 6.45) is -0.350. The van der Waals surface area contributed by atoms with Crippen molar-refractivity contribution in [2.45, 2.75) is 6.17 Å². The van der Waals surface area contributed by atoms with Crippen molar-refractivity contribution in [3.63, 3.8) is 0 Å². The van der Waals surface area contributed by atoms with E-state index in [-0.39, 0.29) is 6.17 Å². The summed E-state index contributed by atoms with van der Waals surface area (Å²) in [7, 11) is 0. The smallest absolute Gasteiger partial charge is 0.159 e. The van der Waals surface area contributed by atoms with Gasteiger partial charge in [-0.05, 0) is 79.5 Å². The van der Waals surface area contributed by atoms with Gasteiger partial charge in [0.2, 0.25) is 0 Å². The molecule has 1 aromatic heterocycles. The number of amidine groups is 2. The molecule has 0 bridgehead atoms. The molecular formula is C55H37N3O. The number of rotatable bonds is 7. The second kappa shape index (κ2) is 14.6. The maximum atomic E-state index is 6.69. The predicted molar refractivity (Wildman–Crippen MR) is 245 cm³/mol. The monoisotopic (exact) mass is 755 g/mol. The molecule has 0 radical (unpaired) electrons. The van der Waals surface area contributed by atoms with Crippen LogP contribution in [0.25, 0.3) is 77.2 Å². The van der Waals surface area contributed by atoms with Crippen LogP contribution in [0.3, 0.4) is 0 Å². The molecule has 1 aliphatic heterocycles. The van der Waals surface area contributed by atoms with Crippen molar-refractivity contribution in [1.82, 2.24) is 5.32 Å². The summed E-state index contributed by atoms with van der Waals surface area (Å²) >= 11 is 0. The van der Waals surface area contributed by atoms with Crippen LogP contribution >= 0.6 is 0 Å². The van der Waals surface area contributed by atoms with Crippen molar-refractivity contribution < 1.29 is 4.42 Å². The van der Waals surface area contributed by atoms with E-state index in [1.165, 1.54) is 16.7 Å². The van der Waals surface area contributed by atoms with Crippen LogP contribution in [0.4, 0.5) is 0 Å². The lowest BCUT2D eigenvalue weighted by Crippen LogP contribution is -2.33. The first-order valence-electron chi connectivity index (χ1n) is 20.0. The second-order valence-electron chi connectivity index (χ2n) is 15.0. The van der Waals surface area contributed by atoms with E-state index in [0.29, 0.717) is 5.84 Å². The van der Waals surface area contributed by atoms with Gasteiger partial charge in [-0.25, -0.2) is 9.98 Å². The van der Waals surface area contributed by atoms with Gasteiger partial charge in [-0.3, -0.25) is 0 Å². The highest BCUT2D eigenvalue weighted by atomic mass is 16.3. The fourth-order valence-corrected chi connectivity index (χ4v) is 8.40. The predicted octanol–water partition coefficient (Wildman–Crippen LogP) is 13.9. The topological polar surface area (TPSA) is 49.9 Å². The number of benzene rings is 9. The third kappa shape index (κ3) is 6.37. The van der Waals surface area contributed by atoms with Gasteiger partial charge in [-0.2, -0.15) is 0 Å². The van der Waals surface area contributed by atoms with Crippen molar-refractivity contribution >= 4 is 44.4 Å². The fourth-order valence-electron chi connectivity index (χ4n) is 8.40.